The average molecular weight is 819 g/mol. The minimum Gasteiger partial charge on any atom is -0.387 e. The fourth-order valence-corrected chi connectivity index (χ4v) is 9.30. The number of aryl methyl sites for hydroxylation is 2. The van der Waals surface area contributed by atoms with Gasteiger partial charge in [-0.3, -0.25) is 37.7 Å². The number of aromatic nitrogens is 8. The second-order valence-electron chi connectivity index (χ2n) is 11.8. The number of aliphatic hydroxyl groups is 2. The van der Waals surface area contributed by atoms with Crippen LogP contribution in [-0.4, -0.2) is 104 Å². The van der Waals surface area contributed by atoms with E-state index < -0.39 is 96.9 Å². The molecule has 4 unspecified atom stereocenters. The molecule has 11 atom stereocenters. The number of anilines is 2. The Bertz CT molecular complexity index is 2180. The fourth-order valence-electron chi connectivity index (χ4n) is 5.77. The zero-order chi connectivity index (χ0) is 38.9. The maximum absolute atomic E-state index is 15.2. The van der Waals surface area contributed by atoms with E-state index in [1.54, 1.807) is 0 Å². The van der Waals surface area contributed by atoms with Gasteiger partial charge in [0.1, 0.15) is 24.4 Å². The zero-order valence-electron chi connectivity index (χ0n) is 27.0. The molecule has 0 bridgehead atoms. The number of nitrogen functional groups attached to an aromatic ring is 2. The average Bonchev–Trinajstić information content (AvgIpc) is 3.71. The van der Waals surface area contributed by atoms with Crippen LogP contribution in [0.25, 0.3) is 22.3 Å². The van der Waals surface area contributed by atoms with Crippen LogP contribution in [0.3, 0.4) is 0 Å². The van der Waals surface area contributed by atoms with Crippen molar-refractivity contribution in [3.63, 3.8) is 0 Å². The quantitative estimate of drug-likeness (QED) is 0.0479. The molecule has 4 aromatic rings. The lowest BCUT2D eigenvalue weighted by molar-refractivity contribution is -0.745. The molecule has 31 heteroatoms. The predicted octanol–water partition coefficient (Wildman–Crippen LogP) is -4.17. The standard InChI is InChI=1S/C22H31FN11O16P3/c1-31-5-33(15-11(31)17(37)29-21(25)27-15)19-9(23)13(35)8(48-19)4-46-52(41,42)50-53(43,44)49-51(39,40)45-3-7-10(24)14(36)20(47-7)34-6-32(2)12-16(34)28-22(26)30-18(12)38/h5-10,13-14,19-20,35-36H,3-4,24H2,1-2H3,(H7-2,25,26,27,28,29,30,37,38,39,40,41,42,43,44)/p+2/t7-,8-,9-,10-,13-,14?,19-,20-/m1/s1. The van der Waals surface area contributed by atoms with E-state index in [0.717, 1.165) is 4.57 Å². The monoisotopic (exact) mass is 819 g/mol. The van der Waals surface area contributed by atoms with E-state index in [4.69, 9.17) is 26.7 Å². The molecule has 13 N–H and O–H groups in total. The third-order valence-electron chi connectivity index (χ3n) is 8.07. The number of ether oxygens (including phenoxy) is 2. The summed E-state index contributed by atoms with van der Waals surface area (Å²) in [5.41, 5.74) is 15.8. The molecule has 2 aliphatic heterocycles. The third-order valence-corrected chi connectivity index (χ3v) is 12.3. The number of phosphoric ester groups is 2. The minimum atomic E-state index is -6.00. The first-order chi connectivity index (χ1) is 24.6. The molecular weight excluding hydrogens is 786 g/mol. The Morgan fingerprint density at radius 1 is 0.811 bits per heavy atom. The molecule has 53 heavy (non-hydrogen) atoms. The van der Waals surface area contributed by atoms with Crippen molar-refractivity contribution in [3.8, 4) is 0 Å². The van der Waals surface area contributed by atoms with E-state index >= 15 is 4.39 Å². The number of hydrogen-bond donors (Lipinski definition) is 10. The smallest absolute Gasteiger partial charge is 0.387 e. The van der Waals surface area contributed by atoms with Gasteiger partial charge < -0.3 is 51.6 Å². The second kappa shape index (κ2) is 13.9. The summed E-state index contributed by atoms with van der Waals surface area (Å²) in [6.07, 6.45) is -9.36. The van der Waals surface area contributed by atoms with Gasteiger partial charge in [-0.1, -0.05) is 9.97 Å². The highest BCUT2D eigenvalue weighted by Gasteiger charge is 2.51. The lowest BCUT2D eigenvalue weighted by Gasteiger charge is -2.21. The van der Waals surface area contributed by atoms with Crippen molar-refractivity contribution in [3.05, 3.63) is 33.4 Å². The molecule has 2 saturated heterocycles. The highest BCUT2D eigenvalue weighted by Crippen LogP contribution is 2.67. The first kappa shape index (κ1) is 39.1. The lowest BCUT2D eigenvalue weighted by Crippen LogP contribution is -2.48. The number of imidazole rings is 2. The van der Waals surface area contributed by atoms with Crippen molar-refractivity contribution >= 4 is 57.7 Å². The molecule has 0 saturated carbocycles. The van der Waals surface area contributed by atoms with Crippen molar-refractivity contribution in [2.75, 3.05) is 24.7 Å². The number of aliphatic hydroxyl groups excluding tert-OH is 2. The Morgan fingerprint density at radius 2 is 1.25 bits per heavy atom. The first-order valence-corrected chi connectivity index (χ1v) is 19.4. The van der Waals surface area contributed by atoms with Crippen molar-refractivity contribution in [1.82, 2.24) is 29.1 Å². The summed E-state index contributed by atoms with van der Waals surface area (Å²) >= 11 is 0. The van der Waals surface area contributed by atoms with E-state index in [1.165, 1.54) is 40.5 Å². The summed E-state index contributed by atoms with van der Waals surface area (Å²) < 4.78 is 86.0. The van der Waals surface area contributed by atoms with Crippen LogP contribution in [0.1, 0.15) is 12.5 Å². The fraction of sp³-hybridized carbons (Fsp3) is 0.545. The minimum absolute atomic E-state index is 0.0144. The number of fused-ring (bicyclic) bond motifs is 2. The highest BCUT2D eigenvalue weighted by atomic mass is 31.3. The second-order valence-corrected chi connectivity index (χ2v) is 16.4. The number of H-pyrrole nitrogens is 2. The molecule has 27 nitrogen and oxygen atoms in total. The van der Waals surface area contributed by atoms with Crippen molar-refractivity contribution < 1.29 is 79.3 Å². The molecule has 292 valence electrons. The number of alkyl halides is 1. The van der Waals surface area contributed by atoms with Crippen LogP contribution < -0.4 is 37.5 Å². The SMILES string of the molecule is Cn1c[n+]([C@@H]2O[C@H](COP(=O)(O)OP(=O)(O)OP(=O)(O)OC[C@H]3O[C@@H]([n+]4cn(C)c5c(=O)[nH]c(N)nc54)[C@H](F)[C@@H]3O)[C@@H](N)C2O)c2nc(N)[nH]c(=O)c21. The summed E-state index contributed by atoms with van der Waals surface area (Å²) in [6.45, 7) is -2.11. The number of phosphoric acid groups is 3. The summed E-state index contributed by atoms with van der Waals surface area (Å²) in [5, 5.41) is 21.1. The number of hydrogen-bond acceptors (Lipinski definition) is 18. The zero-order valence-corrected chi connectivity index (χ0v) is 29.7. The van der Waals surface area contributed by atoms with Gasteiger partial charge in [-0.25, -0.2) is 27.2 Å². The summed E-state index contributed by atoms with van der Waals surface area (Å²) in [6, 6.07) is -1.32. The molecule has 0 amide bonds. The number of aromatic amines is 2. The van der Waals surface area contributed by atoms with Gasteiger partial charge >= 0.3 is 34.8 Å². The van der Waals surface area contributed by atoms with E-state index in [-0.39, 0.29) is 34.2 Å². The molecular formula is C22H33FN11O16P3+2. The Kier molecular flexibility index (Phi) is 10.3. The Hall–Kier alpha value is -3.56. The van der Waals surface area contributed by atoms with Crippen LogP contribution in [0, 0.1) is 0 Å². The van der Waals surface area contributed by atoms with Crippen LogP contribution in [-0.2, 0) is 54.9 Å². The number of halogens is 1. The Morgan fingerprint density at radius 3 is 1.74 bits per heavy atom. The number of nitrogens with two attached hydrogens (primary N) is 3. The van der Waals surface area contributed by atoms with E-state index in [1.807, 2.05) is 0 Å². The van der Waals surface area contributed by atoms with Gasteiger partial charge in [0, 0.05) is 0 Å². The number of nitrogens with zero attached hydrogens (tertiary/aromatic N) is 6. The molecule has 2 aliphatic rings. The van der Waals surface area contributed by atoms with Crippen molar-refractivity contribution in [2.24, 2.45) is 19.8 Å². The molecule has 4 aromatic heterocycles. The lowest BCUT2D eigenvalue weighted by atomic mass is 10.1. The topological polar surface area (TPSA) is 395 Å². The van der Waals surface area contributed by atoms with Gasteiger partial charge in [-0.2, -0.15) is 8.62 Å². The Balaban J connectivity index is 1.05. The van der Waals surface area contributed by atoms with Crippen LogP contribution in [0.5, 0.6) is 0 Å². The summed E-state index contributed by atoms with van der Waals surface area (Å²) in [4.78, 5) is 67.3. The maximum Gasteiger partial charge on any atom is 0.490 e. The molecule has 6 rings (SSSR count). The predicted molar refractivity (Wildman–Crippen MR) is 168 cm³/mol. The van der Waals surface area contributed by atoms with Crippen molar-refractivity contribution in [2.45, 2.75) is 49.1 Å². The molecule has 0 spiro atoms. The van der Waals surface area contributed by atoms with Gasteiger partial charge in [-0.05, 0) is 0 Å². The van der Waals surface area contributed by atoms with Gasteiger partial charge in [-0.15, -0.1) is 0 Å². The van der Waals surface area contributed by atoms with Gasteiger partial charge in [0.25, 0.3) is 23.0 Å². The molecule has 0 radical (unpaired) electrons. The van der Waals surface area contributed by atoms with Crippen LogP contribution in [0.2, 0.25) is 0 Å². The maximum atomic E-state index is 15.2. The van der Waals surface area contributed by atoms with Crippen LogP contribution >= 0.6 is 23.5 Å². The van der Waals surface area contributed by atoms with Gasteiger partial charge in [0.15, 0.2) is 18.8 Å². The highest BCUT2D eigenvalue weighted by molar-refractivity contribution is 7.66. The van der Waals surface area contributed by atoms with Gasteiger partial charge in [0.05, 0.1) is 33.4 Å². The Labute approximate surface area is 293 Å². The molecule has 6 heterocycles. The number of rotatable bonds is 12. The largest absolute Gasteiger partial charge is 0.490 e. The number of nitrogens with one attached hydrogen (secondary N) is 2. The van der Waals surface area contributed by atoms with E-state index in [2.05, 4.69) is 37.6 Å². The third kappa shape index (κ3) is 7.71. The summed E-state index contributed by atoms with van der Waals surface area (Å²) in [5.74, 6) is -0.567. The molecule has 0 aromatic carbocycles. The van der Waals surface area contributed by atoms with E-state index in [9.17, 15) is 48.2 Å². The van der Waals surface area contributed by atoms with Crippen molar-refractivity contribution in [1.29, 1.82) is 0 Å². The van der Waals surface area contributed by atoms with Crippen LogP contribution in [0.15, 0.2) is 22.2 Å². The molecule has 2 fully saturated rings. The summed E-state index contributed by atoms with van der Waals surface area (Å²) in [7, 11) is -14.4. The first-order valence-electron chi connectivity index (χ1n) is 14.9. The van der Waals surface area contributed by atoms with E-state index in [0.29, 0.717) is 0 Å². The van der Waals surface area contributed by atoms with Crippen LogP contribution in [0.4, 0.5) is 16.3 Å². The normalized spacial score (nSPS) is 29.8. The van der Waals surface area contributed by atoms with Gasteiger partial charge in [0.2, 0.25) is 23.5 Å². The molecule has 0 aliphatic carbocycles.